The van der Waals surface area contributed by atoms with Crippen molar-refractivity contribution in [2.75, 3.05) is 0 Å². The first-order valence-corrected chi connectivity index (χ1v) is 14.8. The van der Waals surface area contributed by atoms with Gasteiger partial charge in [-0.3, -0.25) is 0 Å². The Bertz CT molecular complexity index is 1860. The maximum absolute atomic E-state index is 9.50. The zero-order chi connectivity index (χ0) is 27.5. The number of aromatic nitrogens is 1. The Kier molecular flexibility index (Phi) is 5.60. The van der Waals surface area contributed by atoms with Gasteiger partial charge in [0.1, 0.15) is 23.1 Å². The van der Waals surface area contributed by atoms with Crippen LogP contribution in [0.5, 0.6) is 0 Å². The molecule has 4 aromatic rings. The summed E-state index contributed by atoms with van der Waals surface area (Å²) in [5.74, 6) is 1.91. The molecule has 2 aromatic carbocycles. The standard InChI is InChI=1S/C37H31N3O/c1-23-20-33-36(37-35(23)30-11-3-5-14-34(30)41-37)29-10-2-4-13-32(29)40(33)27-9-6-8-26(21-27)24-15-17-25(18-16-24)28-12-7-19-39-31(28)22-38/h2-3,5,7-8,10-12,14-19,21,23,29,32H,4,6,9,13,20H2,1H3. The minimum atomic E-state index is 0.369. The van der Waals surface area contributed by atoms with Gasteiger partial charge in [0.15, 0.2) is 0 Å². The number of furan rings is 1. The highest BCUT2D eigenvalue weighted by atomic mass is 16.3. The monoisotopic (exact) mass is 533 g/mol. The van der Waals surface area contributed by atoms with Crippen LogP contribution in [-0.2, 0) is 0 Å². The summed E-state index contributed by atoms with van der Waals surface area (Å²) in [5.41, 5.74) is 11.5. The van der Waals surface area contributed by atoms with Crippen LogP contribution < -0.4 is 0 Å². The van der Waals surface area contributed by atoms with Gasteiger partial charge in [-0.15, -0.1) is 0 Å². The number of allylic oxidation sites excluding steroid dienone is 6. The second kappa shape index (κ2) is 9.49. The van der Waals surface area contributed by atoms with Crippen LogP contribution in [-0.4, -0.2) is 15.9 Å². The number of nitriles is 1. The molecule has 0 N–H and O–H groups in total. The molecule has 0 saturated carbocycles. The van der Waals surface area contributed by atoms with Crippen LogP contribution in [0.25, 0.3) is 33.2 Å². The van der Waals surface area contributed by atoms with E-state index in [9.17, 15) is 5.26 Å². The highest BCUT2D eigenvalue weighted by molar-refractivity contribution is 5.91. The summed E-state index contributed by atoms with van der Waals surface area (Å²) in [6.45, 7) is 2.36. The first-order valence-electron chi connectivity index (χ1n) is 14.8. The van der Waals surface area contributed by atoms with Gasteiger partial charge in [-0.1, -0.05) is 67.6 Å². The van der Waals surface area contributed by atoms with Gasteiger partial charge in [-0.2, -0.15) is 5.26 Å². The summed E-state index contributed by atoms with van der Waals surface area (Å²) >= 11 is 0. The second-order valence-electron chi connectivity index (χ2n) is 11.7. The molecule has 0 radical (unpaired) electrons. The van der Waals surface area contributed by atoms with E-state index in [2.05, 4.69) is 95.7 Å². The number of para-hydroxylation sites is 1. The van der Waals surface area contributed by atoms with Crippen molar-refractivity contribution in [3.63, 3.8) is 0 Å². The average molecular weight is 534 g/mol. The fourth-order valence-electron chi connectivity index (χ4n) is 7.59. The van der Waals surface area contributed by atoms with E-state index in [1.807, 2.05) is 12.1 Å². The smallest absolute Gasteiger partial charge is 0.148 e. The number of hydrogen-bond acceptors (Lipinski definition) is 4. The molecule has 0 saturated heterocycles. The van der Waals surface area contributed by atoms with Gasteiger partial charge in [-0.05, 0) is 79.0 Å². The molecular formula is C37H31N3O. The highest BCUT2D eigenvalue weighted by Crippen LogP contribution is 2.56. The van der Waals surface area contributed by atoms with Gasteiger partial charge in [0.2, 0.25) is 0 Å². The first-order chi connectivity index (χ1) is 20.2. The van der Waals surface area contributed by atoms with Crippen LogP contribution in [0.3, 0.4) is 0 Å². The molecule has 3 aliphatic carbocycles. The molecule has 2 aromatic heterocycles. The number of hydrogen-bond donors (Lipinski definition) is 0. The van der Waals surface area contributed by atoms with Gasteiger partial charge in [-0.25, -0.2) is 4.98 Å². The summed E-state index contributed by atoms with van der Waals surface area (Å²) in [6, 6.07) is 23.6. The van der Waals surface area contributed by atoms with E-state index < -0.39 is 0 Å². The van der Waals surface area contributed by atoms with Gasteiger partial charge < -0.3 is 9.32 Å². The normalized spacial score (nSPS) is 23.0. The maximum Gasteiger partial charge on any atom is 0.148 e. The van der Waals surface area contributed by atoms with Gasteiger partial charge in [0.25, 0.3) is 0 Å². The van der Waals surface area contributed by atoms with Crippen molar-refractivity contribution < 1.29 is 4.42 Å². The third kappa shape index (κ3) is 3.76. The van der Waals surface area contributed by atoms with Crippen molar-refractivity contribution >= 4 is 22.1 Å². The topological polar surface area (TPSA) is 53.1 Å². The van der Waals surface area contributed by atoms with Crippen LogP contribution in [0.4, 0.5) is 0 Å². The number of fused-ring (bicyclic) bond motifs is 6. The lowest BCUT2D eigenvalue weighted by molar-refractivity contribution is 0.275. The molecule has 3 unspecified atom stereocenters. The Morgan fingerprint density at radius 2 is 1.85 bits per heavy atom. The summed E-state index contributed by atoms with van der Waals surface area (Å²) in [7, 11) is 0. The molecule has 0 amide bonds. The van der Waals surface area contributed by atoms with E-state index in [0.29, 0.717) is 23.6 Å². The molecule has 0 spiro atoms. The van der Waals surface area contributed by atoms with Crippen LogP contribution in [0.1, 0.15) is 67.5 Å². The molecule has 41 heavy (non-hydrogen) atoms. The van der Waals surface area contributed by atoms with Crippen LogP contribution in [0.2, 0.25) is 0 Å². The van der Waals surface area contributed by atoms with E-state index in [1.54, 1.807) is 6.20 Å². The van der Waals surface area contributed by atoms with Crippen molar-refractivity contribution in [2.45, 2.75) is 51.0 Å². The Labute approximate surface area is 240 Å². The Balaban J connectivity index is 1.18. The predicted octanol–water partition coefficient (Wildman–Crippen LogP) is 9.00. The van der Waals surface area contributed by atoms with Crippen molar-refractivity contribution in [1.29, 1.82) is 5.26 Å². The molecule has 3 heterocycles. The number of nitrogens with zero attached hydrogens (tertiary/aromatic N) is 3. The zero-order valence-corrected chi connectivity index (χ0v) is 23.2. The van der Waals surface area contributed by atoms with Crippen molar-refractivity contribution in [1.82, 2.24) is 9.88 Å². The van der Waals surface area contributed by atoms with Crippen LogP contribution in [0, 0.1) is 17.2 Å². The van der Waals surface area contributed by atoms with Crippen molar-refractivity contribution in [3.05, 3.63) is 125 Å². The van der Waals surface area contributed by atoms with E-state index in [1.165, 1.54) is 39.1 Å². The number of benzene rings is 2. The van der Waals surface area contributed by atoms with Crippen LogP contribution in [0.15, 0.2) is 107 Å². The van der Waals surface area contributed by atoms with E-state index in [0.717, 1.165) is 54.6 Å². The average Bonchev–Trinajstić information content (AvgIpc) is 3.57. The van der Waals surface area contributed by atoms with E-state index >= 15 is 0 Å². The fourth-order valence-corrected chi connectivity index (χ4v) is 7.59. The molecule has 8 rings (SSSR count). The fraction of sp³-hybridized carbons (Fsp3) is 0.243. The quantitative estimate of drug-likeness (QED) is 0.247. The number of rotatable bonds is 3. The first kappa shape index (κ1) is 24.2. The Morgan fingerprint density at radius 1 is 1.00 bits per heavy atom. The lowest BCUT2D eigenvalue weighted by atomic mass is 9.79. The minimum absolute atomic E-state index is 0.369. The van der Waals surface area contributed by atoms with E-state index in [4.69, 9.17) is 4.42 Å². The molecule has 1 aliphatic heterocycles. The maximum atomic E-state index is 9.50. The zero-order valence-electron chi connectivity index (χ0n) is 23.2. The Morgan fingerprint density at radius 3 is 2.73 bits per heavy atom. The van der Waals surface area contributed by atoms with Crippen molar-refractivity contribution in [3.8, 4) is 17.2 Å². The highest BCUT2D eigenvalue weighted by Gasteiger charge is 2.47. The lowest BCUT2D eigenvalue weighted by Gasteiger charge is -2.37. The molecule has 4 aliphatic rings. The summed E-state index contributed by atoms with van der Waals surface area (Å²) in [4.78, 5) is 6.95. The molecule has 0 fully saturated rings. The molecule has 4 nitrogen and oxygen atoms in total. The minimum Gasteiger partial charge on any atom is -0.456 e. The molecule has 4 heteroatoms. The van der Waals surface area contributed by atoms with Crippen molar-refractivity contribution in [2.24, 2.45) is 5.92 Å². The SMILES string of the molecule is CC1CC2=C(c3oc4ccccc4c31)C1C=CCCC1N2C1=CC(c2ccc(-c3cccnc3C#N)cc2)=CCC1. The van der Waals surface area contributed by atoms with Crippen LogP contribution >= 0.6 is 0 Å². The summed E-state index contributed by atoms with van der Waals surface area (Å²) < 4.78 is 6.64. The summed E-state index contributed by atoms with van der Waals surface area (Å²) in [6.07, 6.45) is 16.7. The Hall–Kier alpha value is -4.62. The second-order valence-corrected chi connectivity index (χ2v) is 11.7. The number of pyridine rings is 1. The predicted molar refractivity (Wildman–Crippen MR) is 163 cm³/mol. The molecule has 0 bridgehead atoms. The largest absolute Gasteiger partial charge is 0.456 e. The molecule has 3 atom stereocenters. The third-order valence-corrected chi connectivity index (χ3v) is 9.36. The summed E-state index contributed by atoms with van der Waals surface area (Å²) in [5, 5.41) is 10.8. The van der Waals surface area contributed by atoms with Gasteiger partial charge in [0.05, 0.1) is 0 Å². The van der Waals surface area contributed by atoms with Gasteiger partial charge >= 0.3 is 0 Å². The molecule has 200 valence electrons. The van der Waals surface area contributed by atoms with E-state index in [-0.39, 0.29) is 0 Å². The van der Waals surface area contributed by atoms with Gasteiger partial charge in [0, 0.05) is 51.6 Å². The molecular weight excluding hydrogens is 502 g/mol. The third-order valence-electron chi connectivity index (χ3n) is 9.36. The lowest BCUT2D eigenvalue weighted by Crippen LogP contribution is -2.34.